The van der Waals surface area contributed by atoms with Gasteiger partial charge in [0.15, 0.2) is 5.76 Å². The van der Waals surface area contributed by atoms with Crippen LogP contribution in [0.15, 0.2) is 27.9 Å². The van der Waals surface area contributed by atoms with Gasteiger partial charge in [0, 0.05) is 17.8 Å². The van der Waals surface area contributed by atoms with E-state index in [-0.39, 0.29) is 33.4 Å². The van der Waals surface area contributed by atoms with Crippen LogP contribution < -0.4 is 0 Å². The van der Waals surface area contributed by atoms with Gasteiger partial charge in [0.1, 0.15) is 5.78 Å². The van der Waals surface area contributed by atoms with E-state index in [0.29, 0.717) is 23.4 Å². The number of fused-ring (bicyclic) bond motifs is 4. The molecule has 2 fully saturated rings. The number of rotatable bonds is 3. The summed E-state index contributed by atoms with van der Waals surface area (Å²) in [6.45, 7) is 16.0. The number of aryl methyl sites for hydroxylation is 1. The largest absolute Gasteiger partial charge is 0.461 e. The first-order valence-electron chi connectivity index (χ1n) is 13.2. The molecule has 0 unspecified atom stereocenters. The van der Waals surface area contributed by atoms with Gasteiger partial charge < -0.3 is 4.42 Å². The first kappa shape index (κ1) is 23.1. The minimum Gasteiger partial charge on any atom is -0.461 e. The molecule has 4 aliphatic rings. The molecule has 6 atom stereocenters. The standard InChI is InChI=1S/C30H42O3/c1-18-16-23(33-17-18)26(32)19(2)20-10-14-30(7)22-8-9-24-27(3,4)25(31)12-13-28(24,5)21(22)11-15-29(20,30)6/h16-17,19-20,24H,8-15H2,1-7H3/t19-,20+,24-,28+,29+,30-/m0/s1. The summed E-state index contributed by atoms with van der Waals surface area (Å²) in [4.78, 5) is 26.2. The van der Waals surface area contributed by atoms with Crippen molar-refractivity contribution in [1.29, 1.82) is 0 Å². The van der Waals surface area contributed by atoms with Gasteiger partial charge in [-0.25, -0.2) is 0 Å². The number of allylic oxidation sites excluding steroid dienone is 2. The second-order valence-corrected chi connectivity index (χ2v) is 13.1. The van der Waals surface area contributed by atoms with Gasteiger partial charge in [-0.3, -0.25) is 9.59 Å². The number of hydrogen-bond acceptors (Lipinski definition) is 3. The highest BCUT2D eigenvalue weighted by Gasteiger charge is 2.63. The van der Waals surface area contributed by atoms with E-state index >= 15 is 0 Å². The Morgan fingerprint density at radius 3 is 2.39 bits per heavy atom. The van der Waals surface area contributed by atoms with E-state index in [1.54, 1.807) is 17.4 Å². The van der Waals surface area contributed by atoms with Crippen molar-refractivity contribution >= 4 is 11.6 Å². The molecular formula is C30H42O3. The Morgan fingerprint density at radius 2 is 1.73 bits per heavy atom. The van der Waals surface area contributed by atoms with E-state index < -0.39 is 0 Å². The van der Waals surface area contributed by atoms with Crippen LogP contribution in [0.2, 0.25) is 0 Å². The monoisotopic (exact) mass is 450 g/mol. The molecule has 2 saturated carbocycles. The van der Waals surface area contributed by atoms with Gasteiger partial charge in [-0.15, -0.1) is 0 Å². The van der Waals surface area contributed by atoms with Crippen LogP contribution in [0.25, 0.3) is 0 Å². The molecule has 3 nitrogen and oxygen atoms in total. The zero-order chi connectivity index (χ0) is 24.0. The third-order valence-electron chi connectivity index (χ3n) is 11.6. The average molecular weight is 451 g/mol. The van der Waals surface area contributed by atoms with Crippen molar-refractivity contribution in [3.05, 3.63) is 34.8 Å². The molecule has 5 rings (SSSR count). The zero-order valence-corrected chi connectivity index (χ0v) is 21.8. The van der Waals surface area contributed by atoms with Gasteiger partial charge in [-0.2, -0.15) is 0 Å². The lowest BCUT2D eigenvalue weighted by Crippen LogP contribution is -2.54. The van der Waals surface area contributed by atoms with Crippen molar-refractivity contribution in [3.8, 4) is 0 Å². The average Bonchev–Trinajstić information content (AvgIpc) is 3.31. The maximum atomic E-state index is 13.4. The third kappa shape index (κ3) is 2.93. The van der Waals surface area contributed by atoms with Crippen molar-refractivity contribution in [2.45, 2.75) is 99.8 Å². The number of carbonyl (C=O) groups excluding carboxylic acids is 2. The summed E-state index contributed by atoms with van der Waals surface area (Å²) >= 11 is 0. The lowest BCUT2D eigenvalue weighted by atomic mass is 9.43. The lowest BCUT2D eigenvalue weighted by Gasteiger charge is -2.60. The van der Waals surface area contributed by atoms with Crippen LogP contribution in [-0.2, 0) is 4.79 Å². The quantitative estimate of drug-likeness (QED) is 0.350. The molecule has 33 heavy (non-hydrogen) atoms. The maximum Gasteiger partial charge on any atom is 0.201 e. The van der Waals surface area contributed by atoms with Crippen LogP contribution in [0, 0.1) is 46.3 Å². The highest BCUT2D eigenvalue weighted by atomic mass is 16.3. The highest BCUT2D eigenvalue weighted by Crippen LogP contribution is 2.72. The topological polar surface area (TPSA) is 47.3 Å². The molecule has 3 heteroatoms. The normalized spacial score (nSPS) is 40.8. The second kappa shape index (κ2) is 7.18. The van der Waals surface area contributed by atoms with E-state index in [4.69, 9.17) is 4.42 Å². The van der Waals surface area contributed by atoms with E-state index in [1.807, 2.05) is 13.0 Å². The molecule has 0 saturated heterocycles. The zero-order valence-electron chi connectivity index (χ0n) is 21.8. The summed E-state index contributed by atoms with van der Waals surface area (Å²) in [6.07, 6.45) is 10.3. The van der Waals surface area contributed by atoms with Gasteiger partial charge in [0.2, 0.25) is 5.78 Å². The molecule has 180 valence electrons. The Kier molecular flexibility index (Phi) is 5.03. The number of ketones is 2. The van der Waals surface area contributed by atoms with Crippen LogP contribution in [-0.4, -0.2) is 11.6 Å². The summed E-state index contributed by atoms with van der Waals surface area (Å²) in [5.74, 6) is 1.96. The molecule has 0 bridgehead atoms. The Hall–Kier alpha value is -1.64. The van der Waals surface area contributed by atoms with Gasteiger partial charge in [0.05, 0.1) is 6.26 Å². The van der Waals surface area contributed by atoms with Crippen molar-refractivity contribution in [3.63, 3.8) is 0 Å². The van der Waals surface area contributed by atoms with E-state index in [0.717, 1.165) is 50.5 Å². The predicted molar refractivity (Wildman–Crippen MR) is 131 cm³/mol. The van der Waals surface area contributed by atoms with Gasteiger partial charge in [-0.1, -0.05) is 52.7 Å². The Balaban J connectivity index is 1.50. The molecule has 0 aromatic carbocycles. The first-order chi connectivity index (χ1) is 15.4. The highest BCUT2D eigenvalue weighted by molar-refractivity contribution is 5.95. The molecule has 1 aromatic rings. The maximum absolute atomic E-state index is 13.4. The van der Waals surface area contributed by atoms with Crippen molar-refractivity contribution in [1.82, 2.24) is 0 Å². The van der Waals surface area contributed by atoms with Gasteiger partial charge in [-0.05, 0) is 91.6 Å². The number of hydrogen-bond donors (Lipinski definition) is 0. The molecule has 0 amide bonds. The fraction of sp³-hybridized carbons (Fsp3) is 0.733. The van der Waals surface area contributed by atoms with Crippen molar-refractivity contribution in [2.75, 3.05) is 0 Å². The molecule has 1 aromatic heterocycles. The number of Topliss-reactive ketones (excluding diaryl/α,β-unsaturated/α-hetero) is 2. The van der Waals surface area contributed by atoms with Crippen LogP contribution in [0.3, 0.4) is 0 Å². The fourth-order valence-electron chi connectivity index (χ4n) is 9.30. The van der Waals surface area contributed by atoms with Crippen molar-refractivity contribution < 1.29 is 14.0 Å². The second-order valence-electron chi connectivity index (χ2n) is 13.1. The van der Waals surface area contributed by atoms with Gasteiger partial charge in [0.25, 0.3) is 0 Å². The summed E-state index contributed by atoms with van der Waals surface area (Å²) in [7, 11) is 0. The molecule has 0 spiro atoms. The van der Waals surface area contributed by atoms with E-state index in [9.17, 15) is 9.59 Å². The van der Waals surface area contributed by atoms with Crippen LogP contribution in [0.1, 0.15) is 109 Å². The fourth-order valence-corrected chi connectivity index (χ4v) is 9.30. The van der Waals surface area contributed by atoms with Gasteiger partial charge >= 0.3 is 0 Å². The summed E-state index contributed by atoms with van der Waals surface area (Å²) in [5, 5.41) is 0. The lowest BCUT2D eigenvalue weighted by molar-refractivity contribution is -0.139. The minimum atomic E-state index is -0.215. The molecular weight excluding hydrogens is 408 g/mol. The third-order valence-corrected chi connectivity index (χ3v) is 11.6. The first-order valence-corrected chi connectivity index (χ1v) is 13.2. The SMILES string of the molecule is Cc1coc(C(=O)[C@@H](C)[C@H]2CC[C@@]3(C)C4=C(CC[C@]23C)[C@@]2(C)CCC(=O)C(C)(C)[C@@H]2CC4)c1. The summed E-state index contributed by atoms with van der Waals surface area (Å²) in [6, 6.07) is 1.89. The molecule has 1 heterocycles. The summed E-state index contributed by atoms with van der Waals surface area (Å²) < 4.78 is 5.60. The number of carbonyl (C=O) groups is 2. The Labute approximate surface area is 199 Å². The molecule has 4 aliphatic carbocycles. The molecule has 0 aliphatic heterocycles. The van der Waals surface area contributed by atoms with E-state index in [1.165, 1.54) is 6.42 Å². The molecule has 0 N–H and O–H groups in total. The minimum absolute atomic E-state index is 0.0253. The van der Waals surface area contributed by atoms with E-state index in [2.05, 4.69) is 41.5 Å². The predicted octanol–water partition coefficient (Wildman–Crippen LogP) is 7.73. The van der Waals surface area contributed by atoms with Crippen LogP contribution >= 0.6 is 0 Å². The van der Waals surface area contributed by atoms with Crippen LogP contribution in [0.5, 0.6) is 0 Å². The Bertz CT molecular complexity index is 1040. The smallest absolute Gasteiger partial charge is 0.201 e. The van der Waals surface area contributed by atoms with Crippen LogP contribution in [0.4, 0.5) is 0 Å². The van der Waals surface area contributed by atoms with Crippen molar-refractivity contribution in [2.24, 2.45) is 39.4 Å². The Morgan fingerprint density at radius 1 is 1.00 bits per heavy atom. The molecule has 0 radical (unpaired) electrons. The summed E-state index contributed by atoms with van der Waals surface area (Å²) in [5.41, 5.74) is 4.63. The number of furan rings is 1.